The first-order valence-electron chi connectivity index (χ1n) is 10.7. The standard InChI is InChI=1S/C25H29N3O2/c1-19(29)28-16-13-20-9-5-6-12-22(20)23(28)17-25(30)26-18-24(27-14-7-8-15-27)21-10-3-2-4-11-21/h2-6,9-13,16,23-24H,7-8,14-15,17-18H2,1H3,(H,26,30)/t23-,24+/m0/s1. The second kappa shape index (κ2) is 9.26. The predicted molar refractivity (Wildman–Crippen MR) is 118 cm³/mol. The molecule has 2 atom stereocenters. The zero-order valence-corrected chi connectivity index (χ0v) is 17.5. The van der Waals surface area contributed by atoms with E-state index in [1.807, 2.05) is 36.4 Å². The molecule has 0 radical (unpaired) electrons. The van der Waals surface area contributed by atoms with Gasteiger partial charge in [0.2, 0.25) is 11.8 Å². The number of nitrogens with zero attached hydrogens (tertiary/aromatic N) is 2. The SMILES string of the molecule is CC(=O)N1C=Cc2ccccc2[C@@H]1CC(=O)NC[C@H](c1ccccc1)N1CCCC1. The van der Waals surface area contributed by atoms with Gasteiger partial charge in [-0.1, -0.05) is 54.6 Å². The Balaban J connectivity index is 1.46. The van der Waals surface area contributed by atoms with Crippen LogP contribution in [0, 0.1) is 0 Å². The lowest BCUT2D eigenvalue weighted by Gasteiger charge is -2.33. The van der Waals surface area contributed by atoms with Crippen molar-refractivity contribution in [3.8, 4) is 0 Å². The van der Waals surface area contributed by atoms with Crippen LogP contribution in [0.5, 0.6) is 0 Å². The summed E-state index contributed by atoms with van der Waals surface area (Å²) in [6, 6.07) is 18.3. The topological polar surface area (TPSA) is 52.7 Å². The Labute approximate surface area is 178 Å². The van der Waals surface area contributed by atoms with Crippen molar-refractivity contribution < 1.29 is 9.59 Å². The van der Waals surface area contributed by atoms with E-state index < -0.39 is 0 Å². The minimum atomic E-state index is -0.273. The van der Waals surface area contributed by atoms with Gasteiger partial charge in [-0.05, 0) is 48.7 Å². The average molecular weight is 404 g/mol. The van der Waals surface area contributed by atoms with Crippen LogP contribution in [0.25, 0.3) is 6.08 Å². The quantitative estimate of drug-likeness (QED) is 0.796. The lowest BCUT2D eigenvalue weighted by molar-refractivity contribution is -0.130. The van der Waals surface area contributed by atoms with Crippen LogP contribution in [-0.4, -0.2) is 41.2 Å². The van der Waals surface area contributed by atoms with Gasteiger partial charge in [-0.3, -0.25) is 14.5 Å². The minimum absolute atomic E-state index is 0.0310. The predicted octanol–water partition coefficient (Wildman–Crippen LogP) is 3.90. The zero-order chi connectivity index (χ0) is 20.9. The summed E-state index contributed by atoms with van der Waals surface area (Å²) in [5.74, 6) is -0.0886. The molecule has 2 heterocycles. The summed E-state index contributed by atoms with van der Waals surface area (Å²) in [5, 5.41) is 3.15. The van der Waals surface area contributed by atoms with E-state index in [0.29, 0.717) is 6.54 Å². The highest BCUT2D eigenvalue weighted by atomic mass is 16.2. The molecule has 2 aliphatic heterocycles. The van der Waals surface area contributed by atoms with Crippen molar-refractivity contribution in [1.29, 1.82) is 0 Å². The lowest BCUT2D eigenvalue weighted by Crippen LogP contribution is -2.39. The summed E-state index contributed by atoms with van der Waals surface area (Å²) in [6.07, 6.45) is 6.39. The van der Waals surface area contributed by atoms with E-state index in [1.165, 1.54) is 18.4 Å². The van der Waals surface area contributed by atoms with Gasteiger partial charge >= 0.3 is 0 Å². The highest BCUT2D eigenvalue weighted by molar-refractivity contribution is 5.81. The van der Waals surface area contributed by atoms with Crippen LogP contribution in [0.4, 0.5) is 0 Å². The molecule has 0 aromatic heterocycles. The smallest absolute Gasteiger partial charge is 0.223 e. The first kappa shape index (κ1) is 20.4. The second-order valence-corrected chi connectivity index (χ2v) is 8.06. The van der Waals surface area contributed by atoms with Gasteiger partial charge < -0.3 is 10.2 Å². The molecule has 0 bridgehead atoms. The van der Waals surface area contributed by atoms with E-state index in [1.54, 1.807) is 18.0 Å². The van der Waals surface area contributed by atoms with Gasteiger partial charge in [0.15, 0.2) is 0 Å². The molecule has 5 nitrogen and oxygen atoms in total. The number of hydrogen-bond donors (Lipinski definition) is 1. The summed E-state index contributed by atoms with van der Waals surface area (Å²) < 4.78 is 0. The van der Waals surface area contributed by atoms with E-state index in [9.17, 15) is 9.59 Å². The van der Waals surface area contributed by atoms with E-state index in [2.05, 4.69) is 34.5 Å². The highest BCUT2D eigenvalue weighted by Crippen LogP contribution is 2.33. The Morgan fingerprint density at radius 1 is 1.03 bits per heavy atom. The van der Waals surface area contributed by atoms with Gasteiger partial charge in [0, 0.05) is 19.7 Å². The van der Waals surface area contributed by atoms with E-state index in [0.717, 1.165) is 24.2 Å². The molecule has 0 spiro atoms. The highest BCUT2D eigenvalue weighted by Gasteiger charge is 2.29. The average Bonchev–Trinajstić information content (AvgIpc) is 3.29. The number of hydrogen-bond acceptors (Lipinski definition) is 3. The van der Waals surface area contributed by atoms with Crippen LogP contribution in [0.1, 0.15) is 55.0 Å². The third-order valence-electron chi connectivity index (χ3n) is 6.11. The van der Waals surface area contributed by atoms with Crippen LogP contribution >= 0.6 is 0 Å². The van der Waals surface area contributed by atoms with Crippen LogP contribution in [-0.2, 0) is 9.59 Å². The summed E-state index contributed by atoms with van der Waals surface area (Å²) in [4.78, 5) is 29.2. The number of nitrogens with one attached hydrogen (secondary N) is 1. The number of likely N-dealkylation sites (tertiary alicyclic amines) is 1. The molecule has 0 unspecified atom stereocenters. The summed E-state index contributed by atoms with van der Waals surface area (Å²) in [5.41, 5.74) is 3.31. The summed E-state index contributed by atoms with van der Waals surface area (Å²) >= 11 is 0. The normalized spacial score (nSPS) is 19.4. The van der Waals surface area contributed by atoms with Crippen molar-refractivity contribution in [3.63, 3.8) is 0 Å². The van der Waals surface area contributed by atoms with Crippen LogP contribution < -0.4 is 5.32 Å². The molecular formula is C25H29N3O2. The molecule has 1 fully saturated rings. The van der Waals surface area contributed by atoms with Crippen molar-refractivity contribution in [2.24, 2.45) is 0 Å². The van der Waals surface area contributed by atoms with Gasteiger partial charge in [-0.25, -0.2) is 0 Å². The molecule has 5 heteroatoms. The van der Waals surface area contributed by atoms with Gasteiger partial charge in [0.1, 0.15) is 0 Å². The number of rotatable bonds is 6. The molecule has 30 heavy (non-hydrogen) atoms. The number of fused-ring (bicyclic) bond motifs is 1. The fourth-order valence-corrected chi connectivity index (χ4v) is 4.56. The van der Waals surface area contributed by atoms with E-state index in [4.69, 9.17) is 0 Å². The molecule has 2 aliphatic rings. The summed E-state index contributed by atoms with van der Waals surface area (Å²) in [6.45, 7) is 4.25. The lowest BCUT2D eigenvalue weighted by atomic mass is 9.93. The van der Waals surface area contributed by atoms with Crippen molar-refractivity contribution in [2.45, 2.75) is 38.3 Å². The van der Waals surface area contributed by atoms with Crippen molar-refractivity contribution in [2.75, 3.05) is 19.6 Å². The molecule has 1 N–H and O–H groups in total. The van der Waals surface area contributed by atoms with Gasteiger partial charge in [-0.2, -0.15) is 0 Å². The minimum Gasteiger partial charge on any atom is -0.354 e. The maximum absolute atomic E-state index is 12.9. The monoisotopic (exact) mass is 403 g/mol. The first-order chi connectivity index (χ1) is 14.6. The first-order valence-corrected chi connectivity index (χ1v) is 10.7. The van der Waals surface area contributed by atoms with E-state index >= 15 is 0 Å². The maximum atomic E-state index is 12.9. The number of carbonyl (C=O) groups excluding carboxylic acids is 2. The van der Waals surface area contributed by atoms with Crippen LogP contribution in [0.15, 0.2) is 60.8 Å². The largest absolute Gasteiger partial charge is 0.354 e. The van der Waals surface area contributed by atoms with Gasteiger partial charge in [-0.15, -0.1) is 0 Å². The molecule has 0 aliphatic carbocycles. The van der Waals surface area contributed by atoms with Crippen LogP contribution in [0.3, 0.4) is 0 Å². The maximum Gasteiger partial charge on any atom is 0.223 e. The Hall–Kier alpha value is -2.92. The molecule has 4 rings (SSSR count). The molecule has 2 amide bonds. The van der Waals surface area contributed by atoms with Gasteiger partial charge in [0.25, 0.3) is 0 Å². The number of amides is 2. The fraction of sp³-hybridized carbons (Fsp3) is 0.360. The Bertz CT molecular complexity index is 919. The second-order valence-electron chi connectivity index (χ2n) is 8.06. The van der Waals surface area contributed by atoms with Crippen molar-refractivity contribution in [3.05, 3.63) is 77.5 Å². The zero-order valence-electron chi connectivity index (χ0n) is 17.5. The molecular weight excluding hydrogens is 374 g/mol. The number of benzene rings is 2. The Morgan fingerprint density at radius 3 is 2.47 bits per heavy atom. The summed E-state index contributed by atoms with van der Waals surface area (Å²) in [7, 11) is 0. The molecule has 1 saturated heterocycles. The fourth-order valence-electron chi connectivity index (χ4n) is 4.56. The Kier molecular flexibility index (Phi) is 6.29. The van der Waals surface area contributed by atoms with Gasteiger partial charge in [0.05, 0.1) is 18.5 Å². The number of carbonyl (C=O) groups is 2. The third kappa shape index (κ3) is 4.46. The molecule has 2 aromatic rings. The van der Waals surface area contributed by atoms with Crippen LogP contribution in [0.2, 0.25) is 0 Å². The van der Waals surface area contributed by atoms with E-state index in [-0.39, 0.29) is 30.3 Å². The molecule has 0 saturated carbocycles. The molecule has 2 aromatic carbocycles. The Morgan fingerprint density at radius 2 is 1.73 bits per heavy atom. The van der Waals surface area contributed by atoms with Crippen molar-refractivity contribution in [1.82, 2.24) is 15.1 Å². The third-order valence-corrected chi connectivity index (χ3v) is 6.11. The van der Waals surface area contributed by atoms with Crippen molar-refractivity contribution >= 4 is 17.9 Å². The molecule has 156 valence electrons.